The number of pyridine rings is 1. The smallest absolute Gasteiger partial charge is 0.123 e. The van der Waals surface area contributed by atoms with Crippen molar-refractivity contribution in [3.63, 3.8) is 0 Å². The van der Waals surface area contributed by atoms with E-state index in [-0.39, 0.29) is 36.4 Å². The van der Waals surface area contributed by atoms with Crippen LogP contribution in [0.15, 0.2) is 60.8 Å². The summed E-state index contributed by atoms with van der Waals surface area (Å²) < 4.78 is 17.5. The predicted molar refractivity (Wildman–Crippen MR) is 90.9 cm³/mol. The summed E-state index contributed by atoms with van der Waals surface area (Å²) >= 11 is 0. The van der Waals surface area contributed by atoms with E-state index in [1.54, 1.807) is 49.7 Å². The lowest BCUT2D eigenvalue weighted by Crippen LogP contribution is -1.79. The van der Waals surface area contributed by atoms with E-state index in [4.69, 9.17) is 9.84 Å². The Hall–Kier alpha value is -2.04. The van der Waals surface area contributed by atoms with Gasteiger partial charge in [0.25, 0.3) is 0 Å². The number of benzene rings is 2. The van der Waals surface area contributed by atoms with Crippen molar-refractivity contribution in [1.29, 1.82) is 0 Å². The number of rotatable bonds is 1. The molecular weight excluding hydrogens is 328 g/mol. The minimum absolute atomic E-state index is 0. The summed E-state index contributed by atoms with van der Waals surface area (Å²) in [5.74, 6) is 0.800. The molecule has 1 N–H and O–H groups in total. The molecule has 0 unspecified atom stereocenters. The van der Waals surface area contributed by atoms with Gasteiger partial charge in [0.05, 0.1) is 12.6 Å². The van der Waals surface area contributed by atoms with Crippen LogP contribution >= 0.6 is 24.8 Å². The van der Waals surface area contributed by atoms with Crippen LogP contribution in [0.3, 0.4) is 0 Å². The van der Waals surface area contributed by atoms with Crippen LogP contribution in [0.2, 0.25) is 0 Å². The molecule has 0 aliphatic rings. The first kappa shape index (κ1) is 20.0. The minimum Gasteiger partial charge on any atom is -0.508 e. The standard InChI is InChI=1S/C9H6FN.C7H8O2.2ClH/c10-8-3-4-9-7(6-8)2-1-5-11-9;1-9-7-4-2-6(8)3-5-7;;/h1-6H;2-5,8H,1H3;2*1H. The molecule has 0 atom stereocenters. The highest BCUT2D eigenvalue weighted by molar-refractivity contribution is 5.85. The van der Waals surface area contributed by atoms with Gasteiger partial charge in [0.1, 0.15) is 17.3 Å². The minimum atomic E-state index is -0.217. The lowest BCUT2D eigenvalue weighted by atomic mass is 10.2. The maximum atomic E-state index is 12.6. The molecule has 0 saturated heterocycles. The fraction of sp³-hybridized carbons (Fsp3) is 0.0625. The summed E-state index contributed by atoms with van der Waals surface area (Å²) in [6.45, 7) is 0. The zero-order valence-corrected chi connectivity index (χ0v) is 13.4. The maximum absolute atomic E-state index is 12.6. The SMILES string of the molecule is COc1ccc(O)cc1.Cl.Cl.Fc1ccc2ncccc2c1. The van der Waals surface area contributed by atoms with Gasteiger partial charge in [-0.1, -0.05) is 6.07 Å². The van der Waals surface area contributed by atoms with Crippen molar-refractivity contribution >= 4 is 35.7 Å². The molecule has 3 aromatic rings. The van der Waals surface area contributed by atoms with Crippen molar-refractivity contribution in [2.75, 3.05) is 7.11 Å². The van der Waals surface area contributed by atoms with Crippen molar-refractivity contribution in [1.82, 2.24) is 4.98 Å². The molecule has 6 heteroatoms. The fourth-order valence-corrected chi connectivity index (χ4v) is 1.63. The number of aromatic hydroxyl groups is 1. The molecule has 0 spiro atoms. The molecule has 0 amide bonds. The number of halogens is 3. The normalized spacial score (nSPS) is 8.82. The number of hydrogen-bond donors (Lipinski definition) is 1. The second-order valence-corrected chi connectivity index (χ2v) is 4.04. The fourth-order valence-electron chi connectivity index (χ4n) is 1.63. The molecule has 0 bridgehead atoms. The van der Waals surface area contributed by atoms with Crippen LogP contribution in [-0.4, -0.2) is 17.2 Å². The van der Waals surface area contributed by atoms with Crippen LogP contribution in [-0.2, 0) is 0 Å². The number of ether oxygens (including phenoxy) is 1. The molecule has 0 fully saturated rings. The van der Waals surface area contributed by atoms with E-state index < -0.39 is 0 Å². The third-order valence-corrected chi connectivity index (χ3v) is 2.64. The summed E-state index contributed by atoms with van der Waals surface area (Å²) in [6, 6.07) is 14.8. The number of phenolic OH excluding ortho intramolecular Hbond substituents is 1. The largest absolute Gasteiger partial charge is 0.508 e. The number of hydrogen-bond acceptors (Lipinski definition) is 3. The van der Waals surface area contributed by atoms with Crippen molar-refractivity contribution < 1.29 is 14.2 Å². The molecule has 22 heavy (non-hydrogen) atoms. The lowest BCUT2D eigenvalue weighted by Gasteiger charge is -1.96. The van der Waals surface area contributed by atoms with Gasteiger partial charge in [0.2, 0.25) is 0 Å². The van der Waals surface area contributed by atoms with Crippen LogP contribution in [0.4, 0.5) is 4.39 Å². The molecule has 0 radical (unpaired) electrons. The van der Waals surface area contributed by atoms with Gasteiger partial charge in [-0.3, -0.25) is 4.98 Å². The number of methoxy groups -OCH3 is 1. The number of nitrogens with zero attached hydrogens (tertiary/aromatic N) is 1. The van der Waals surface area contributed by atoms with Gasteiger partial charge in [-0.25, -0.2) is 4.39 Å². The molecule has 0 aliphatic carbocycles. The molecule has 118 valence electrons. The van der Waals surface area contributed by atoms with Gasteiger partial charge >= 0.3 is 0 Å². The highest BCUT2D eigenvalue weighted by Gasteiger charge is 1.93. The van der Waals surface area contributed by atoms with Crippen molar-refractivity contribution in [2.24, 2.45) is 0 Å². The Morgan fingerprint density at radius 2 is 1.68 bits per heavy atom. The topological polar surface area (TPSA) is 42.4 Å². The summed E-state index contributed by atoms with van der Waals surface area (Å²) in [7, 11) is 1.59. The van der Waals surface area contributed by atoms with Crippen LogP contribution in [0.25, 0.3) is 10.9 Å². The molecule has 0 aliphatic heterocycles. The van der Waals surface area contributed by atoms with Gasteiger partial charge < -0.3 is 9.84 Å². The van der Waals surface area contributed by atoms with Crippen LogP contribution < -0.4 is 4.74 Å². The second-order valence-electron chi connectivity index (χ2n) is 4.04. The van der Waals surface area contributed by atoms with Gasteiger partial charge in [0.15, 0.2) is 0 Å². The number of phenols is 1. The monoisotopic (exact) mass is 343 g/mol. The average Bonchev–Trinajstić information content (AvgIpc) is 2.48. The zero-order valence-electron chi connectivity index (χ0n) is 11.8. The predicted octanol–water partition coefficient (Wildman–Crippen LogP) is 4.62. The Balaban J connectivity index is 0.000000374. The molecular formula is C16H16Cl2FNO2. The molecule has 2 aromatic carbocycles. The van der Waals surface area contributed by atoms with Crippen molar-refractivity contribution in [2.45, 2.75) is 0 Å². The highest BCUT2D eigenvalue weighted by Crippen LogP contribution is 2.14. The first-order valence-electron chi connectivity index (χ1n) is 6.02. The molecule has 1 heterocycles. The van der Waals surface area contributed by atoms with Crippen molar-refractivity contribution in [3.05, 3.63) is 66.6 Å². The van der Waals surface area contributed by atoms with Gasteiger partial charge in [-0.05, 0) is 48.5 Å². The summed E-state index contributed by atoms with van der Waals surface area (Å²) in [5.41, 5.74) is 0.828. The summed E-state index contributed by atoms with van der Waals surface area (Å²) in [5, 5.41) is 9.64. The van der Waals surface area contributed by atoms with Gasteiger partial charge in [0, 0.05) is 11.6 Å². The number of fused-ring (bicyclic) bond motifs is 1. The molecule has 0 saturated carbocycles. The molecule has 3 rings (SSSR count). The van der Waals surface area contributed by atoms with E-state index in [0.717, 1.165) is 16.7 Å². The van der Waals surface area contributed by atoms with E-state index in [2.05, 4.69) is 4.98 Å². The molecule has 1 aromatic heterocycles. The average molecular weight is 344 g/mol. The van der Waals surface area contributed by atoms with E-state index in [0.29, 0.717) is 0 Å². The first-order chi connectivity index (χ1) is 9.69. The summed E-state index contributed by atoms with van der Waals surface area (Å²) in [4.78, 5) is 4.06. The second kappa shape index (κ2) is 9.82. The Labute approximate surface area is 140 Å². The van der Waals surface area contributed by atoms with Crippen LogP contribution in [0.1, 0.15) is 0 Å². The summed E-state index contributed by atoms with van der Waals surface area (Å²) in [6.07, 6.45) is 1.69. The highest BCUT2D eigenvalue weighted by atomic mass is 35.5. The van der Waals surface area contributed by atoms with Crippen molar-refractivity contribution in [3.8, 4) is 11.5 Å². The van der Waals surface area contributed by atoms with Crippen LogP contribution in [0.5, 0.6) is 11.5 Å². The third kappa shape index (κ3) is 5.76. The van der Waals surface area contributed by atoms with E-state index in [9.17, 15) is 4.39 Å². The Morgan fingerprint density at radius 1 is 1.00 bits per heavy atom. The first-order valence-corrected chi connectivity index (χ1v) is 6.02. The Morgan fingerprint density at radius 3 is 2.32 bits per heavy atom. The molecule has 3 nitrogen and oxygen atoms in total. The quantitative estimate of drug-likeness (QED) is 0.701. The third-order valence-electron chi connectivity index (χ3n) is 2.64. The van der Waals surface area contributed by atoms with E-state index >= 15 is 0 Å². The Bertz CT molecular complexity index is 693. The van der Waals surface area contributed by atoms with Gasteiger partial charge in [-0.2, -0.15) is 0 Å². The van der Waals surface area contributed by atoms with Crippen LogP contribution in [0, 0.1) is 5.82 Å². The van der Waals surface area contributed by atoms with E-state index in [1.165, 1.54) is 12.1 Å². The van der Waals surface area contributed by atoms with E-state index in [1.807, 2.05) is 6.07 Å². The zero-order chi connectivity index (χ0) is 14.4. The maximum Gasteiger partial charge on any atom is 0.123 e. The van der Waals surface area contributed by atoms with Gasteiger partial charge in [-0.15, -0.1) is 24.8 Å². The lowest BCUT2D eigenvalue weighted by molar-refractivity contribution is 0.412. The Kier molecular flexibility index (Phi) is 8.91. The number of aromatic nitrogens is 1.